The van der Waals surface area contributed by atoms with Crippen LogP contribution in [0.25, 0.3) is 0 Å². The number of benzene rings is 1. The molecule has 2 unspecified atom stereocenters. The molecule has 1 amide bonds. The minimum Gasteiger partial charge on any atom is -0.480 e. The maximum Gasteiger partial charge on any atom is 0.261 e. The Morgan fingerprint density at radius 2 is 1.60 bits per heavy atom. The maximum absolute atomic E-state index is 13.7. The van der Waals surface area contributed by atoms with Crippen molar-refractivity contribution in [3.63, 3.8) is 0 Å². The molecule has 1 fully saturated rings. The van der Waals surface area contributed by atoms with Gasteiger partial charge < -0.3 is 15.3 Å². The lowest BCUT2D eigenvalue weighted by Crippen LogP contribution is -2.56. The highest BCUT2D eigenvalue weighted by molar-refractivity contribution is 5.82. The van der Waals surface area contributed by atoms with Crippen LogP contribution in [-0.4, -0.2) is 39.4 Å². The summed E-state index contributed by atoms with van der Waals surface area (Å²) in [5.74, 6) is 0.636. The average Bonchev–Trinajstić information content (AvgIpc) is 2.89. The summed E-state index contributed by atoms with van der Waals surface area (Å²) in [6, 6.07) is 6.30. The van der Waals surface area contributed by atoms with Crippen molar-refractivity contribution in [2.45, 2.75) is 143 Å². The number of hydroxylamine groups is 2. The number of ether oxygens (including phenoxy) is 1. The average molecular weight is 489 g/mol. The predicted molar refractivity (Wildman–Crippen MR) is 145 cm³/mol. The molecule has 1 saturated heterocycles. The number of nitrogens with zero attached hydrogens (tertiary/aromatic N) is 1. The second-order valence-corrected chi connectivity index (χ2v) is 14.1. The van der Waals surface area contributed by atoms with E-state index < -0.39 is 22.6 Å². The van der Waals surface area contributed by atoms with Crippen molar-refractivity contribution >= 4 is 5.91 Å². The predicted octanol–water partition coefficient (Wildman–Crippen LogP) is 6.99. The minimum absolute atomic E-state index is 0.0644. The summed E-state index contributed by atoms with van der Waals surface area (Å²) in [5, 5.41) is 15.3. The second-order valence-electron chi connectivity index (χ2n) is 14.1. The van der Waals surface area contributed by atoms with Crippen LogP contribution in [0.3, 0.4) is 0 Å². The summed E-state index contributed by atoms with van der Waals surface area (Å²) in [6.07, 6.45) is 1.99. The molecule has 1 heterocycles. The zero-order chi connectivity index (χ0) is 27.2. The van der Waals surface area contributed by atoms with Crippen LogP contribution in [-0.2, 0) is 15.6 Å². The summed E-state index contributed by atoms with van der Waals surface area (Å²) in [7, 11) is 0. The normalized spacial score (nSPS) is 21.6. The van der Waals surface area contributed by atoms with Gasteiger partial charge in [-0.2, -0.15) is 5.06 Å². The molecule has 1 aliphatic rings. The first-order chi connectivity index (χ1) is 15.7. The third kappa shape index (κ3) is 6.05. The summed E-state index contributed by atoms with van der Waals surface area (Å²) in [6.45, 7) is 27.5. The van der Waals surface area contributed by atoms with Crippen LogP contribution in [0, 0.1) is 5.41 Å². The smallest absolute Gasteiger partial charge is 0.261 e. The monoisotopic (exact) mass is 488 g/mol. The molecule has 0 aliphatic carbocycles. The molecule has 0 radical (unpaired) electrons. The number of hydrogen-bond acceptors (Lipinski definition) is 4. The molecule has 1 aromatic carbocycles. The van der Waals surface area contributed by atoms with Gasteiger partial charge in [-0.1, -0.05) is 74.4 Å². The fourth-order valence-corrected chi connectivity index (χ4v) is 4.97. The largest absolute Gasteiger partial charge is 0.480 e. The van der Waals surface area contributed by atoms with Gasteiger partial charge >= 0.3 is 0 Å². The van der Waals surface area contributed by atoms with Crippen LogP contribution >= 0.6 is 0 Å². The Morgan fingerprint density at radius 1 is 1.06 bits per heavy atom. The van der Waals surface area contributed by atoms with Crippen molar-refractivity contribution in [1.82, 2.24) is 10.4 Å². The Hall–Kier alpha value is -1.59. The topological polar surface area (TPSA) is 61.8 Å². The first-order valence-electron chi connectivity index (χ1n) is 13.3. The van der Waals surface area contributed by atoms with E-state index in [9.17, 15) is 10.0 Å². The van der Waals surface area contributed by atoms with E-state index in [2.05, 4.69) is 65.1 Å². The van der Waals surface area contributed by atoms with Gasteiger partial charge in [0.15, 0.2) is 6.10 Å². The first-order valence-corrected chi connectivity index (χ1v) is 13.3. The lowest BCUT2D eigenvalue weighted by molar-refractivity contribution is -0.194. The van der Waals surface area contributed by atoms with Crippen molar-refractivity contribution in [3.05, 3.63) is 29.3 Å². The van der Waals surface area contributed by atoms with Crippen molar-refractivity contribution in [3.8, 4) is 5.75 Å². The van der Waals surface area contributed by atoms with Crippen LogP contribution in [0.2, 0.25) is 0 Å². The standard InChI is InChI=1S/C30H52N2O3/c1-14-27(6,7)20-16-17-22(21(18-20)28(8,9)15-2)35-24(26(3,4)5)25(33)31-23-19-29(10,11)32(34)30(23,12)13/h16-18,23-24,34H,14-15,19H2,1-13H3,(H,31,33). The van der Waals surface area contributed by atoms with Gasteiger partial charge in [-0.25, -0.2) is 0 Å². The molecule has 2 rings (SSSR count). The SMILES string of the molecule is CCC(C)(C)c1ccc(OC(C(=O)NC2CC(C)(C)N(O)C2(C)C)C(C)(C)C)c(C(C)(C)CC)c1. The Balaban J connectivity index is 2.46. The molecule has 1 aromatic rings. The van der Waals surface area contributed by atoms with Gasteiger partial charge in [0, 0.05) is 16.5 Å². The highest BCUT2D eigenvalue weighted by Crippen LogP contribution is 2.41. The van der Waals surface area contributed by atoms with E-state index in [1.165, 1.54) is 10.6 Å². The van der Waals surface area contributed by atoms with E-state index >= 15 is 0 Å². The van der Waals surface area contributed by atoms with Crippen LogP contribution in [0.15, 0.2) is 18.2 Å². The highest BCUT2D eigenvalue weighted by atomic mass is 16.5. The first kappa shape index (κ1) is 29.6. The van der Waals surface area contributed by atoms with Crippen LogP contribution < -0.4 is 10.1 Å². The molecule has 2 atom stereocenters. The quantitative estimate of drug-likeness (QED) is 0.414. The van der Waals surface area contributed by atoms with Crippen molar-refractivity contribution < 1.29 is 14.7 Å². The highest BCUT2D eigenvalue weighted by Gasteiger charge is 2.52. The summed E-state index contributed by atoms with van der Waals surface area (Å²) in [4.78, 5) is 13.7. The molecule has 35 heavy (non-hydrogen) atoms. The zero-order valence-electron chi connectivity index (χ0n) is 24.7. The Labute approximate surface area is 215 Å². The summed E-state index contributed by atoms with van der Waals surface area (Å²) in [5.41, 5.74) is 0.988. The van der Waals surface area contributed by atoms with E-state index in [-0.39, 0.29) is 22.8 Å². The number of hydrogen-bond donors (Lipinski definition) is 2. The van der Waals surface area contributed by atoms with Gasteiger partial charge in [-0.05, 0) is 69.4 Å². The van der Waals surface area contributed by atoms with Gasteiger partial charge in [0.25, 0.3) is 5.91 Å². The Kier molecular flexibility index (Phi) is 8.22. The van der Waals surface area contributed by atoms with E-state index in [4.69, 9.17) is 4.74 Å². The molecule has 1 aliphatic heterocycles. The van der Waals surface area contributed by atoms with Gasteiger partial charge in [0.05, 0.1) is 11.6 Å². The Morgan fingerprint density at radius 3 is 2.03 bits per heavy atom. The summed E-state index contributed by atoms with van der Waals surface area (Å²) < 4.78 is 6.63. The van der Waals surface area contributed by atoms with Crippen LogP contribution in [0.5, 0.6) is 5.75 Å². The number of nitrogens with one attached hydrogen (secondary N) is 1. The van der Waals surface area contributed by atoms with Gasteiger partial charge in [0.1, 0.15) is 5.75 Å². The third-order valence-electron chi connectivity index (χ3n) is 8.52. The van der Waals surface area contributed by atoms with Gasteiger partial charge in [0.2, 0.25) is 0 Å². The lowest BCUT2D eigenvalue weighted by atomic mass is 9.76. The Bertz CT molecular complexity index is 909. The van der Waals surface area contributed by atoms with Crippen molar-refractivity contribution in [2.24, 2.45) is 5.41 Å². The number of carbonyl (C=O) groups excluding carboxylic acids is 1. The third-order valence-corrected chi connectivity index (χ3v) is 8.52. The molecule has 2 N–H and O–H groups in total. The van der Waals surface area contributed by atoms with E-state index in [1.54, 1.807) is 0 Å². The molecule has 0 aromatic heterocycles. The molecule has 200 valence electrons. The molecular formula is C30H52N2O3. The molecule has 0 bridgehead atoms. The maximum atomic E-state index is 13.7. The zero-order valence-corrected chi connectivity index (χ0v) is 24.7. The molecular weight excluding hydrogens is 436 g/mol. The number of amides is 1. The molecule has 0 spiro atoms. The van der Waals surface area contributed by atoms with E-state index in [0.717, 1.165) is 24.2 Å². The van der Waals surface area contributed by atoms with E-state index in [1.807, 2.05) is 48.5 Å². The van der Waals surface area contributed by atoms with E-state index in [0.29, 0.717) is 6.42 Å². The minimum atomic E-state index is -0.675. The molecule has 5 nitrogen and oxygen atoms in total. The van der Waals surface area contributed by atoms with Gasteiger partial charge in [-0.3, -0.25) is 4.79 Å². The molecule has 5 heteroatoms. The number of carbonyl (C=O) groups is 1. The lowest BCUT2D eigenvalue weighted by Gasteiger charge is -2.37. The van der Waals surface area contributed by atoms with Crippen LogP contribution in [0.1, 0.15) is 120 Å². The number of rotatable bonds is 8. The fourth-order valence-electron chi connectivity index (χ4n) is 4.97. The fraction of sp³-hybridized carbons (Fsp3) is 0.767. The molecule has 0 saturated carbocycles. The van der Waals surface area contributed by atoms with Crippen molar-refractivity contribution in [1.29, 1.82) is 0 Å². The summed E-state index contributed by atoms with van der Waals surface area (Å²) >= 11 is 0. The van der Waals surface area contributed by atoms with Gasteiger partial charge in [-0.15, -0.1) is 0 Å². The van der Waals surface area contributed by atoms with Crippen LogP contribution in [0.4, 0.5) is 0 Å². The van der Waals surface area contributed by atoms with Crippen molar-refractivity contribution in [2.75, 3.05) is 0 Å². The second kappa shape index (κ2) is 9.70.